The molecule has 1 aromatic carbocycles. The number of anilines is 1. The molecule has 2 aromatic rings. The first-order chi connectivity index (χ1) is 14.0. The molecule has 2 heterocycles. The molecule has 0 aliphatic carbocycles. The van der Waals surface area contributed by atoms with Gasteiger partial charge >= 0.3 is 12.5 Å². The largest absolute Gasteiger partial charge is 0.459 e. The van der Waals surface area contributed by atoms with Crippen molar-refractivity contribution in [3.63, 3.8) is 0 Å². The van der Waals surface area contributed by atoms with E-state index in [0.717, 1.165) is 43.5 Å². The Labute approximate surface area is 166 Å². The second-order valence-corrected chi connectivity index (χ2v) is 6.42. The summed E-state index contributed by atoms with van der Waals surface area (Å²) < 4.78 is 76.3. The highest BCUT2D eigenvalue weighted by molar-refractivity contribution is 6.02. The average molecular weight is 430 g/mol. The number of hydrogen-bond acceptors (Lipinski definition) is 6. The lowest BCUT2D eigenvalue weighted by atomic mass is 9.85. The Morgan fingerprint density at radius 1 is 1.30 bits per heavy atom. The predicted octanol–water partition coefficient (Wildman–Crippen LogP) is 3.27. The van der Waals surface area contributed by atoms with E-state index in [-0.39, 0.29) is 17.1 Å². The number of pyridine rings is 1. The molecule has 1 amide bonds. The molecular weight excluding hydrogens is 415 g/mol. The van der Waals surface area contributed by atoms with Crippen molar-refractivity contribution in [2.75, 3.05) is 11.9 Å². The van der Waals surface area contributed by atoms with Gasteiger partial charge in [-0.15, -0.1) is 0 Å². The van der Waals surface area contributed by atoms with Gasteiger partial charge in [0, 0.05) is 11.3 Å². The summed E-state index contributed by atoms with van der Waals surface area (Å²) >= 11 is 0. The van der Waals surface area contributed by atoms with Gasteiger partial charge in [-0.1, -0.05) is 0 Å². The zero-order chi connectivity index (χ0) is 22.1. The summed E-state index contributed by atoms with van der Waals surface area (Å²) in [7, 11) is 0. The number of nitrogens with two attached hydrogens (primary N) is 1. The van der Waals surface area contributed by atoms with Crippen LogP contribution in [-0.4, -0.2) is 36.1 Å². The molecule has 3 rings (SSSR count). The lowest BCUT2D eigenvalue weighted by molar-refractivity contribution is -0.117. The van der Waals surface area contributed by atoms with Crippen LogP contribution in [0.1, 0.15) is 23.0 Å². The summed E-state index contributed by atoms with van der Waals surface area (Å²) in [5.74, 6) is -5.61. The van der Waals surface area contributed by atoms with E-state index in [4.69, 9.17) is 5.73 Å². The molecular formula is C18H15F5N4O3. The van der Waals surface area contributed by atoms with E-state index in [1.807, 2.05) is 0 Å². The quantitative estimate of drug-likeness (QED) is 0.710. The standard InChI is InChI=1S/C18H15F5N4O3/c1-17(18(22,23)8-29-16(24)27-17)11-6-9(2-4-12(11)19)26-14(28)13-5-3-10(7-25-13)30-15(20)21/h2-7,15H,8H2,1H3,(H2,24,27)(H,26,28)/t17-/m1/s1. The van der Waals surface area contributed by atoms with Crippen LogP contribution >= 0.6 is 0 Å². The van der Waals surface area contributed by atoms with Gasteiger partial charge in [-0.2, -0.15) is 17.6 Å². The number of nitrogens with one attached hydrogen (secondary N) is 1. The predicted molar refractivity (Wildman–Crippen MR) is 95.1 cm³/mol. The number of amides is 1. The van der Waals surface area contributed by atoms with E-state index >= 15 is 0 Å². The highest BCUT2D eigenvalue weighted by Crippen LogP contribution is 2.44. The monoisotopic (exact) mass is 430 g/mol. The third-order valence-electron chi connectivity index (χ3n) is 4.39. The summed E-state index contributed by atoms with van der Waals surface area (Å²) in [6, 6.07) is 4.74. The van der Waals surface area contributed by atoms with Crippen molar-refractivity contribution in [3.8, 4) is 5.75 Å². The van der Waals surface area contributed by atoms with Gasteiger partial charge in [-0.25, -0.2) is 14.4 Å². The Bertz CT molecular complexity index is 984. The molecule has 160 valence electrons. The normalized spacial score (nSPS) is 20.3. The minimum absolute atomic E-state index is 0.0246. The first-order valence-corrected chi connectivity index (χ1v) is 8.40. The van der Waals surface area contributed by atoms with Crippen molar-refractivity contribution in [2.24, 2.45) is 10.7 Å². The van der Waals surface area contributed by atoms with Crippen LogP contribution in [-0.2, 0) is 10.3 Å². The maximum absolute atomic E-state index is 14.5. The van der Waals surface area contributed by atoms with Gasteiger partial charge in [0.05, 0.1) is 6.20 Å². The number of aliphatic imine (C=N–C) groups is 1. The topological polar surface area (TPSA) is 98.8 Å². The Morgan fingerprint density at radius 3 is 2.67 bits per heavy atom. The molecule has 0 unspecified atom stereocenters. The fourth-order valence-corrected chi connectivity index (χ4v) is 2.76. The van der Waals surface area contributed by atoms with Crippen LogP contribution in [0.5, 0.6) is 5.75 Å². The lowest BCUT2D eigenvalue weighted by Gasteiger charge is -2.37. The van der Waals surface area contributed by atoms with Crippen LogP contribution in [0.25, 0.3) is 0 Å². The number of carbonyl (C=O) groups is 1. The van der Waals surface area contributed by atoms with E-state index in [1.54, 1.807) is 0 Å². The van der Waals surface area contributed by atoms with E-state index in [1.165, 1.54) is 0 Å². The Morgan fingerprint density at radius 2 is 2.03 bits per heavy atom. The van der Waals surface area contributed by atoms with Gasteiger partial charge < -0.3 is 20.5 Å². The van der Waals surface area contributed by atoms with Crippen LogP contribution in [0.2, 0.25) is 0 Å². The molecule has 0 fully saturated rings. The fourth-order valence-electron chi connectivity index (χ4n) is 2.76. The maximum atomic E-state index is 14.5. The van der Waals surface area contributed by atoms with E-state index in [2.05, 4.69) is 24.8 Å². The Balaban J connectivity index is 1.87. The third kappa shape index (κ3) is 4.11. The molecule has 3 N–H and O–H groups in total. The maximum Gasteiger partial charge on any atom is 0.387 e. The number of aromatic nitrogens is 1. The van der Waals surface area contributed by atoms with E-state index in [0.29, 0.717) is 0 Å². The number of amidine groups is 1. The van der Waals surface area contributed by atoms with Crippen molar-refractivity contribution in [1.82, 2.24) is 4.98 Å². The summed E-state index contributed by atoms with van der Waals surface area (Å²) in [6.07, 6.45) is 0.915. The number of hydrogen-bond donors (Lipinski definition) is 2. The second-order valence-electron chi connectivity index (χ2n) is 6.42. The van der Waals surface area contributed by atoms with Crippen molar-refractivity contribution in [1.29, 1.82) is 0 Å². The highest BCUT2D eigenvalue weighted by Gasteiger charge is 2.56. The summed E-state index contributed by atoms with van der Waals surface area (Å²) in [4.78, 5) is 19.6. The van der Waals surface area contributed by atoms with Gasteiger partial charge in [-0.3, -0.25) is 4.79 Å². The van der Waals surface area contributed by atoms with Crippen LogP contribution < -0.4 is 15.8 Å². The molecule has 0 saturated carbocycles. The van der Waals surface area contributed by atoms with Gasteiger partial charge in [0.2, 0.25) is 0 Å². The van der Waals surface area contributed by atoms with Crippen molar-refractivity contribution in [2.45, 2.75) is 25.0 Å². The number of benzene rings is 1. The number of alkyl halides is 4. The molecule has 30 heavy (non-hydrogen) atoms. The van der Waals surface area contributed by atoms with E-state index in [9.17, 15) is 26.7 Å². The molecule has 1 aliphatic rings. The van der Waals surface area contributed by atoms with Crippen molar-refractivity contribution < 1.29 is 36.2 Å². The molecule has 7 nitrogen and oxygen atoms in total. The van der Waals surface area contributed by atoms with Crippen molar-refractivity contribution >= 4 is 17.6 Å². The molecule has 1 atom stereocenters. The Hall–Kier alpha value is -3.44. The SMILES string of the molecule is C[C@]1(c2cc(NC(=O)c3ccc(OC(F)F)cn3)ccc2F)N=C(N)OCC1(F)F. The highest BCUT2D eigenvalue weighted by atomic mass is 19.3. The molecule has 12 heteroatoms. The lowest BCUT2D eigenvalue weighted by Crippen LogP contribution is -2.51. The van der Waals surface area contributed by atoms with Crippen LogP contribution in [0.4, 0.5) is 27.6 Å². The van der Waals surface area contributed by atoms with Gasteiger partial charge in [-0.05, 0) is 37.3 Å². The summed E-state index contributed by atoms with van der Waals surface area (Å²) in [5, 5.41) is 2.37. The van der Waals surface area contributed by atoms with Gasteiger partial charge in [0.15, 0.2) is 12.1 Å². The number of ether oxygens (including phenoxy) is 2. The Kier molecular flexibility index (Phi) is 5.51. The number of nitrogens with zero attached hydrogens (tertiary/aromatic N) is 2. The molecule has 1 aliphatic heterocycles. The molecule has 0 bridgehead atoms. The number of rotatable bonds is 5. The summed E-state index contributed by atoms with van der Waals surface area (Å²) in [6.45, 7) is -3.15. The minimum atomic E-state index is -3.58. The van der Waals surface area contributed by atoms with E-state index < -0.39 is 48.0 Å². The third-order valence-corrected chi connectivity index (χ3v) is 4.39. The second kappa shape index (κ2) is 7.76. The molecule has 0 saturated heterocycles. The first-order valence-electron chi connectivity index (χ1n) is 8.40. The average Bonchev–Trinajstić information content (AvgIpc) is 2.67. The number of halogens is 5. The van der Waals surface area contributed by atoms with Gasteiger partial charge in [0.25, 0.3) is 11.9 Å². The smallest absolute Gasteiger partial charge is 0.387 e. The number of carbonyl (C=O) groups excluding carboxylic acids is 1. The minimum Gasteiger partial charge on any atom is -0.459 e. The van der Waals surface area contributed by atoms with Crippen molar-refractivity contribution in [3.05, 3.63) is 53.6 Å². The zero-order valence-electron chi connectivity index (χ0n) is 15.3. The van der Waals surface area contributed by atoms with Crippen LogP contribution in [0.15, 0.2) is 41.5 Å². The summed E-state index contributed by atoms with van der Waals surface area (Å²) in [5.41, 5.74) is 2.32. The molecule has 0 radical (unpaired) electrons. The van der Waals surface area contributed by atoms with Crippen LogP contribution in [0.3, 0.4) is 0 Å². The molecule has 0 spiro atoms. The van der Waals surface area contributed by atoms with Crippen LogP contribution in [0, 0.1) is 5.82 Å². The first kappa shape index (κ1) is 21.3. The molecule has 1 aromatic heterocycles. The zero-order valence-corrected chi connectivity index (χ0v) is 15.3. The fraction of sp³-hybridized carbons (Fsp3) is 0.278. The van der Waals surface area contributed by atoms with Gasteiger partial charge in [0.1, 0.15) is 17.3 Å².